The topological polar surface area (TPSA) is 21.3 Å². The van der Waals surface area contributed by atoms with E-state index >= 15 is 0 Å². The molecule has 0 aromatic heterocycles. The number of nitrogens with one attached hydrogen (secondary N) is 1. The molecule has 3 heteroatoms. The molecule has 0 unspecified atom stereocenters. The number of methoxy groups -OCH3 is 1. The molecule has 0 aliphatic heterocycles. The summed E-state index contributed by atoms with van der Waals surface area (Å²) in [6.45, 7) is 7.22. The van der Waals surface area contributed by atoms with Crippen LogP contribution in [0, 0.1) is 6.92 Å². The van der Waals surface area contributed by atoms with E-state index in [2.05, 4.69) is 38.2 Å². The van der Waals surface area contributed by atoms with E-state index < -0.39 is 0 Å². The lowest BCUT2D eigenvalue weighted by Gasteiger charge is -2.26. The minimum absolute atomic E-state index is 0.0521. The number of alkyl halides is 1. The molecule has 0 heterocycles. The fourth-order valence-corrected chi connectivity index (χ4v) is 2.18. The van der Waals surface area contributed by atoms with Crippen LogP contribution in [0.4, 0.5) is 0 Å². The zero-order valence-electron chi connectivity index (χ0n) is 11.1. The molecule has 0 fully saturated rings. The summed E-state index contributed by atoms with van der Waals surface area (Å²) in [5.74, 6) is 1.61. The van der Waals surface area contributed by atoms with Gasteiger partial charge in [-0.2, -0.15) is 0 Å². The molecule has 96 valence electrons. The lowest BCUT2D eigenvalue weighted by Crippen LogP contribution is -2.39. The molecule has 0 saturated heterocycles. The maximum Gasteiger partial charge on any atom is 0.123 e. The SMILES string of the molecule is COc1ccc(C)cc1CNC(C)(C)CCCl. The van der Waals surface area contributed by atoms with Crippen molar-refractivity contribution in [2.45, 2.75) is 39.3 Å². The van der Waals surface area contributed by atoms with Gasteiger partial charge in [0.1, 0.15) is 5.75 Å². The fourth-order valence-electron chi connectivity index (χ4n) is 1.70. The standard InChI is InChI=1S/C14H22ClNO/c1-11-5-6-13(17-4)12(9-11)10-16-14(2,3)7-8-15/h5-6,9,16H,7-8,10H2,1-4H3. The van der Waals surface area contributed by atoms with E-state index in [0.717, 1.165) is 18.7 Å². The van der Waals surface area contributed by atoms with Gasteiger partial charge < -0.3 is 10.1 Å². The van der Waals surface area contributed by atoms with Gasteiger partial charge in [0.2, 0.25) is 0 Å². The number of halogens is 1. The number of ether oxygens (including phenoxy) is 1. The third-order valence-corrected chi connectivity index (χ3v) is 3.10. The van der Waals surface area contributed by atoms with Gasteiger partial charge in [0.15, 0.2) is 0 Å². The quantitative estimate of drug-likeness (QED) is 0.786. The number of hydrogen-bond acceptors (Lipinski definition) is 2. The van der Waals surface area contributed by atoms with Gasteiger partial charge in [0.25, 0.3) is 0 Å². The van der Waals surface area contributed by atoms with Crippen molar-refractivity contribution in [3.05, 3.63) is 29.3 Å². The fraction of sp³-hybridized carbons (Fsp3) is 0.571. The Morgan fingerprint density at radius 3 is 2.65 bits per heavy atom. The van der Waals surface area contributed by atoms with Crippen LogP contribution < -0.4 is 10.1 Å². The summed E-state index contributed by atoms with van der Waals surface area (Å²) in [7, 11) is 1.71. The Labute approximate surface area is 109 Å². The van der Waals surface area contributed by atoms with Crippen molar-refractivity contribution in [3.63, 3.8) is 0 Å². The summed E-state index contributed by atoms with van der Waals surface area (Å²) in [5, 5.41) is 3.51. The van der Waals surface area contributed by atoms with Crippen LogP contribution in [-0.2, 0) is 6.54 Å². The molecule has 1 N–H and O–H groups in total. The average molecular weight is 256 g/mol. The summed E-state index contributed by atoms with van der Waals surface area (Å²) < 4.78 is 5.36. The molecule has 0 amide bonds. The summed E-state index contributed by atoms with van der Waals surface area (Å²) in [6.07, 6.45) is 0.947. The molecule has 0 radical (unpaired) electrons. The highest BCUT2D eigenvalue weighted by atomic mass is 35.5. The first kappa shape index (κ1) is 14.3. The van der Waals surface area contributed by atoms with Crippen LogP contribution in [-0.4, -0.2) is 18.5 Å². The van der Waals surface area contributed by atoms with Gasteiger partial charge in [-0.25, -0.2) is 0 Å². The lowest BCUT2D eigenvalue weighted by atomic mass is 10.0. The second kappa shape index (κ2) is 6.27. The van der Waals surface area contributed by atoms with Crippen LogP contribution in [0.15, 0.2) is 18.2 Å². The van der Waals surface area contributed by atoms with Gasteiger partial charge >= 0.3 is 0 Å². The summed E-state index contributed by atoms with van der Waals surface area (Å²) in [5.41, 5.74) is 2.49. The zero-order chi connectivity index (χ0) is 12.9. The molecule has 0 saturated carbocycles. The third kappa shape index (κ3) is 4.57. The van der Waals surface area contributed by atoms with Crippen LogP contribution in [0.2, 0.25) is 0 Å². The Kier molecular flexibility index (Phi) is 5.29. The molecule has 2 nitrogen and oxygen atoms in total. The van der Waals surface area contributed by atoms with Gasteiger partial charge in [0, 0.05) is 23.5 Å². The van der Waals surface area contributed by atoms with Crippen molar-refractivity contribution in [2.75, 3.05) is 13.0 Å². The molecular formula is C14H22ClNO. The predicted molar refractivity (Wildman–Crippen MR) is 74.0 cm³/mol. The Morgan fingerprint density at radius 2 is 2.06 bits per heavy atom. The average Bonchev–Trinajstić information content (AvgIpc) is 2.27. The van der Waals surface area contributed by atoms with E-state index in [9.17, 15) is 0 Å². The Balaban J connectivity index is 2.71. The molecule has 0 bridgehead atoms. The monoisotopic (exact) mass is 255 g/mol. The molecule has 0 spiro atoms. The smallest absolute Gasteiger partial charge is 0.123 e. The highest BCUT2D eigenvalue weighted by Gasteiger charge is 2.16. The first-order valence-electron chi connectivity index (χ1n) is 5.93. The van der Waals surface area contributed by atoms with Crippen LogP contribution in [0.3, 0.4) is 0 Å². The zero-order valence-corrected chi connectivity index (χ0v) is 11.9. The maximum atomic E-state index is 5.79. The van der Waals surface area contributed by atoms with Crippen molar-refractivity contribution in [3.8, 4) is 5.75 Å². The molecule has 1 rings (SSSR count). The van der Waals surface area contributed by atoms with E-state index in [-0.39, 0.29) is 5.54 Å². The van der Waals surface area contributed by atoms with Crippen LogP contribution in [0.1, 0.15) is 31.4 Å². The molecule has 0 aliphatic carbocycles. The van der Waals surface area contributed by atoms with Gasteiger partial charge in [-0.3, -0.25) is 0 Å². The van der Waals surface area contributed by atoms with Crippen LogP contribution in [0.5, 0.6) is 5.75 Å². The second-order valence-corrected chi connectivity index (χ2v) is 5.37. The summed E-state index contributed by atoms with van der Waals surface area (Å²) in [6, 6.07) is 6.23. The van der Waals surface area contributed by atoms with Crippen molar-refractivity contribution in [1.29, 1.82) is 0 Å². The van der Waals surface area contributed by atoms with E-state index in [0.29, 0.717) is 5.88 Å². The number of benzene rings is 1. The van der Waals surface area contributed by atoms with E-state index in [4.69, 9.17) is 16.3 Å². The van der Waals surface area contributed by atoms with Gasteiger partial charge in [0.05, 0.1) is 7.11 Å². The van der Waals surface area contributed by atoms with Gasteiger partial charge in [-0.15, -0.1) is 11.6 Å². The molecule has 0 aliphatic rings. The highest BCUT2D eigenvalue weighted by molar-refractivity contribution is 6.17. The number of aryl methyl sites for hydroxylation is 1. The van der Waals surface area contributed by atoms with E-state index in [1.165, 1.54) is 11.1 Å². The molecule has 0 atom stereocenters. The first-order valence-corrected chi connectivity index (χ1v) is 6.46. The van der Waals surface area contributed by atoms with E-state index in [1.807, 2.05) is 6.07 Å². The summed E-state index contributed by atoms with van der Waals surface area (Å²) >= 11 is 5.79. The molecule has 17 heavy (non-hydrogen) atoms. The minimum Gasteiger partial charge on any atom is -0.496 e. The van der Waals surface area contributed by atoms with Gasteiger partial charge in [-0.05, 0) is 33.3 Å². The van der Waals surface area contributed by atoms with Crippen molar-refractivity contribution in [2.24, 2.45) is 0 Å². The normalized spacial score (nSPS) is 11.6. The van der Waals surface area contributed by atoms with Crippen molar-refractivity contribution < 1.29 is 4.74 Å². The molecule has 1 aromatic carbocycles. The number of hydrogen-bond donors (Lipinski definition) is 1. The lowest BCUT2D eigenvalue weighted by molar-refractivity contribution is 0.365. The van der Waals surface area contributed by atoms with Crippen LogP contribution >= 0.6 is 11.6 Å². The summed E-state index contributed by atoms with van der Waals surface area (Å²) in [4.78, 5) is 0. The van der Waals surface area contributed by atoms with Gasteiger partial charge in [-0.1, -0.05) is 17.7 Å². The first-order chi connectivity index (χ1) is 7.98. The molecule has 1 aromatic rings. The minimum atomic E-state index is 0.0521. The Bertz CT molecular complexity index is 363. The number of rotatable bonds is 6. The van der Waals surface area contributed by atoms with E-state index in [1.54, 1.807) is 7.11 Å². The largest absolute Gasteiger partial charge is 0.496 e. The maximum absolute atomic E-state index is 5.79. The van der Waals surface area contributed by atoms with Crippen molar-refractivity contribution >= 4 is 11.6 Å². The highest BCUT2D eigenvalue weighted by Crippen LogP contribution is 2.20. The third-order valence-electron chi connectivity index (χ3n) is 2.91. The Hall–Kier alpha value is -0.730. The van der Waals surface area contributed by atoms with Crippen LogP contribution in [0.25, 0.3) is 0 Å². The predicted octanol–water partition coefficient (Wildman–Crippen LogP) is 3.50. The molecular weight excluding hydrogens is 234 g/mol. The second-order valence-electron chi connectivity index (χ2n) is 4.99. The van der Waals surface area contributed by atoms with Crippen molar-refractivity contribution in [1.82, 2.24) is 5.32 Å². The Morgan fingerprint density at radius 1 is 1.35 bits per heavy atom.